The zero-order valence-electron chi connectivity index (χ0n) is 10.3. The summed E-state index contributed by atoms with van der Waals surface area (Å²) in [5.41, 5.74) is 3.64. The van der Waals surface area contributed by atoms with Crippen molar-refractivity contribution < 1.29 is 9.47 Å². The molecular weight excluding hydrogens is 268 g/mol. The van der Waals surface area contributed by atoms with Gasteiger partial charge in [0.15, 0.2) is 0 Å². The lowest BCUT2D eigenvalue weighted by Crippen LogP contribution is -2.02. The average Bonchev–Trinajstić information content (AvgIpc) is 2.35. The van der Waals surface area contributed by atoms with E-state index in [1.165, 1.54) is 16.7 Å². The van der Waals surface area contributed by atoms with Crippen LogP contribution < -0.4 is 0 Å². The van der Waals surface area contributed by atoms with E-state index in [4.69, 9.17) is 9.47 Å². The molecule has 0 fully saturated rings. The van der Waals surface area contributed by atoms with Crippen LogP contribution in [0.25, 0.3) is 0 Å². The van der Waals surface area contributed by atoms with Crippen molar-refractivity contribution >= 4 is 15.9 Å². The van der Waals surface area contributed by atoms with Crippen LogP contribution in [0.3, 0.4) is 0 Å². The first-order valence-corrected chi connectivity index (χ1v) is 6.49. The maximum Gasteiger partial charge on any atom is 0.0793 e. The van der Waals surface area contributed by atoms with Crippen molar-refractivity contribution in [1.82, 2.24) is 0 Å². The second-order valence-corrected chi connectivity index (χ2v) is 4.46. The highest BCUT2D eigenvalue weighted by Gasteiger charge is 2.10. The Kier molecular flexibility index (Phi) is 5.46. The fourth-order valence-corrected chi connectivity index (χ4v) is 1.89. The van der Waals surface area contributed by atoms with Gasteiger partial charge in [0.2, 0.25) is 0 Å². The van der Waals surface area contributed by atoms with Crippen LogP contribution in [-0.2, 0) is 14.8 Å². The highest BCUT2D eigenvalue weighted by Crippen LogP contribution is 2.25. The average molecular weight is 287 g/mol. The zero-order valence-corrected chi connectivity index (χ0v) is 11.9. The van der Waals surface area contributed by atoms with Crippen molar-refractivity contribution in [2.24, 2.45) is 0 Å². The predicted octanol–water partition coefficient (Wildman–Crippen LogP) is 4.00. The van der Waals surface area contributed by atoms with Gasteiger partial charge >= 0.3 is 0 Å². The molecular formula is C13H19BrO2. The first-order valence-electron chi connectivity index (χ1n) is 5.37. The number of hydrogen-bond acceptors (Lipinski definition) is 2. The van der Waals surface area contributed by atoms with Crippen LogP contribution in [0.1, 0.15) is 42.7 Å². The van der Waals surface area contributed by atoms with Crippen LogP contribution in [-0.4, -0.2) is 14.2 Å². The van der Waals surface area contributed by atoms with Gasteiger partial charge in [0, 0.05) is 19.5 Å². The molecule has 0 spiro atoms. The molecule has 0 amide bonds. The van der Waals surface area contributed by atoms with E-state index in [1.807, 2.05) is 0 Å². The van der Waals surface area contributed by atoms with Crippen LogP contribution in [0.5, 0.6) is 0 Å². The van der Waals surface area contributed by atoms with Gasteiger partial charge in [-0.25, -0.2) is 0 Å². The Morgan fingerprint density at radius 3 is 1.75 bits per heavy atom. The number of rotatable bonds is 5. The van der Waals surface area contributed by atoms with Gasteiger partial charge in [-0.2, -0.15) is 0 Å². The number of alkyl halides is 1. The maximum atomic E-state index is 5.35. The van der Waals surface area contributed by atoms with Crippen molar-refractivity contribution in [1.29, 1.82) is 0 Å². The number of methoxy groups -OCH3 is 2. The topological polar surface area (TPSA) is 18.5 Å². The molecule has 0 N–H and O–H groups in total. The third kappa shape index (κ3) is 3.30. The second-order valence-electron chi connectivity index (χ2n) is 3.90. The summed E-state index contributed by atoms with van der Waals surface area (Å²) in [5, 5.41) is 0.848. The molecule has 0 aliphatic heterocycles. The van der Waals surface area contributed by atoms with Gasteiger partial charge in [-0.05, 0) is 30.5 Å². The number of benzene rings is 1. The van der Waals surface area contributed by atoms with Crippen LogP contribution in [0.15, 0.2) is 18.2 Å². The molecule has 1 rings (SSSR count). The summed E-state index contributed by atoms with van der Waals surface area (Å²) in [6.07, 6.45) is 0.226. The minimum Gasteiger partial charge on any atom is -0.377 e. The van der Waals surface area contributed by atoms with Crippen molar-refractivity contribution in [2.75, 3.05) is 14.2 Å². The number of halogens is 1. The molecule has 0 saturated carbocycles. The molecule has 16 heavy (non-hydrogen) atoms. The van der Waals surface area contributed by atoms with Gasteiger partial charge in [0.1, 0.15) is 0 Å². The van der Waals surface area contributed by atoms with Crippen LogP contribution in [0.2, 0.25) is 0 Å². The third-order valence-electron chi connectivity index (χ3n) is 2.84. The summed E-state index contributed by atoms with van der Waals surface area (Å²) in [4.78, 5) is 0. The molecule has 2 atom stereocenters. The summed E-state index contributed by atoms with van der Waals surface area (Å²) in [6, 6.07) is 6.47. The Bertz CT molecular complexity index is 310. The first kappa shape index (κ1) is 13.7. The SMILES string of the molecule is CO[C@@H](C)c1cc(CBr)cc([C@H](C)OC)c1. The molecule has 1 aromatic rings. The molecule has 2 nitrogen and oxygen atoms in total. The normalized spacial score (nSPS) is 14.8. The van der Waals surface area contributed by atoms with Gasteiger partial charge < -0.3 is 9.47 Å². The molecule has 0 aliphatic carbocycles. The summed E-state index contributed by atoms with van der Waals surface area (Å²) >= 11 is 3.49. The van der Waals surface area contributed by atoms with Gasteiger partial charge in [-0.3, -0.25) is 0 Å². The molecule has 3 heteroatoms. The summed E-state index contributed by atoms with van der Waals surface area (Å²) < 4.78 is 10.7. The molecule has 0 saturated heterocycles. The number of hydrogen-bond donors (Lipinski definition) is 0. The standard InChI is InChI=1S/C13H19BrO2/c1-9(15-3)12-5-11(8-14)6-13(7-12)10(2)16-4/h5-7,9-10H,8H2,1-4H3/t9-,10-/m0/s1. The minimum absolute atomic E-state index is 0.113. The second kappa shape index (κ2) is 6.38. The Labute approximate surface area is 106 Å². The van der Waals surface area contributed by atoms with E-state index in [1.54, 1.807) is 14.2 Å². The summed E-state index contributed by atoms with van der Waals surface area (Å²) in [5.74, 6) is 0. The van der Waals surface area contributed by atoms with Crippen LogP contribution in [0.4, 0.5) is 0 Å². The van der Waals surface area contributed by atoms with E-state index in [0.717, 1.165) is 5.33 Å². The van der Waals surface area contributed by atoms with E-state index in [-0.39, 0.29) is 12.2 Å². The smallest absolute Gasteiger partial charge is 0.0793 e. The van der Waals surface area contributed by atoms with Crippen molar-refractivity contribution in [3.05, 3.63) is 34.9 Å². The van der Waals surface area contributed by atoms with Crippen molar-refractivity contribution in [3.8, 4) is 0 Å². The Balaban J connectivity index is 3.10. The largest absolute Gasteiger partial charge is 0.377 e. The lowest BCUT2D eigenvalue weighted by Gasteiger charge is -2.16. The Morgan fingerprint density at radius 1 is 1.00 bits per heavy atom. The summed E-state index contributed by atoms with van der Waals surface area (Å²) in [7, 11) is 3.45. The molecule has 0 bridgehead atoms. The van der Waals surface area contributed by atoms with Crippen LogP contribution in [0, 0.1) is 0 Å². The molecule has 0 aromatic heterocycles. The van der Waals surface area contributed by atoms with E-state index in [9.17, 15) is 0 Å². The lowest BCUT2D eigenvalue weighted by atomic mass is 10.0. The van der Waals surface area contributed by atoms with Crippen molar-refractivity contribution in [2.45, 2.75) is 31.4 Å². The van der Waals surface area contributed by atoms with E-state index in [0.29, 0.717) is 0 Å². The molecule has 0 heterocycles. The monoisotopic (exact) mass is 286 g/mol. The summed E-state index contributed by atoms with van der Waals surface area (Å²) in [6.45, 7) is 4.10. The quantitative estimate of drug-likeness (QED) is 0.762. The van der Waals surface area contributed by atoms with Gasteiger partial charge in [0.05, 0.1) is 12.2 Å². The molecule has 0 radical (unpaired) electrons. The van der Waals surface area contributed by atoms with Gasteiger partial charge in [-0.15, -0.1) is 0 Å². The maximum absolute atomic E-state index is 5.35. The Morgan fingerprint density at radius 2 is 1.44 bits per heavy atom. The molecule has 1 aromatic carbocycles. The zero-order chi connectivity index (χ0) is 12.1. The highest BCUT2D eigenvalue weighted by molar-refractivity contribution is 9.08. The fraction of sp³-hybridized carbons (Fsp3) is 0.538. The van der Waals surface area contributed by atoms with Crippen LogP contribution >= 0.6 is 15.9 Å². The van der Waals surface area contributed by atoms with E-state index < -0.39 is 0 Å². The van der Waals surface area contributed by atoms with Gasteiger partial charge in [-0.1, -0.05) is 34.1 Å². The fourth-order valence-electron chi connectivity index (χ4n) is 1.56. The van der Waals surface area contributed by atoms with Crippen molar-refractivity contribution in [3.63, 3.8) is 0 Å². The first-order chi connectivity index (χ1) is 7.62. The minimum atomic E-state index is 0.113. The lowest BCUT2D eigenvalue weighted by molar-refractivity contribution is 0.114. The molecule has 0 unspecified atom stereocenters. The van der Waals surface area contributed by atoms with E-state index in [2.05, 4.69) is 48.0 Å². The molecule has 0 aliphatic rings. The highest BCUT2D eigenvalue weighted by atomic mass is 79.9. The third-order valence-corrected chi connectivity index (χ3v) is 3.49. The molecule has 90 valence electrons. The van der Waals surface area contributed by atoms with E-state index >= 15 is 0 Å². The van der Waals surface area contributed by atoms with Gasteiger partial charge in [0.25, 0.3) is 0 Å². The number of ether oxygens (including phenoxy) is 2. The predicted molar refractivity (Wildman–Crippen MR) is 69.9 cm³/mol. The Hall–Kier alpha value is -0.380.